The second-order valence-electron chi connectivity index (χ2n) is 6.80. The van der Waals surface area contributed by atoms with E-state index in [1.165, 1.54) is 6.42 Å². The second kappa shape index (κ2) is 6.38. The zero-order valence-corrected chi connectivity index (χ0v) is 14.2. The van der Waals surface area contributed by atoms with Crippen molar-refractivity contribution in [2.45, 2.75) is 50.5 Å². The number of carbonyl (C=O) groups is 1. The second-order valence-corrected chi connectivity index (χ2v) is 6.80. The molecule has 2 aromatic rings. The number of carbonyl (C=O) groups excluding carboxylic acids is 1. The fraction of sp³-hybridized carbons (Fsp3) is 0.500. The molecule has 0 saturated heterocycles. The van der Waals surface area contributed by atoms with Crippen molar-refractivity contribution in [3.05, 3.63) is 39.8 Å². The Labute approximate surface area is 145 Å². The minimum absolute atomic E-state index is 0.0723. The summed E-state index contributed by atoms with van der Waals surface area (Å²) in [5.74, 6) is 0.791. The van der Waals surface area contributed by atoms with E-state index in [4.69, 9.17) is 4.74 Å². The monoisotopic (exact) mass is 342 g/mol. The van der Waals surface area contributed by atoms with Crippen LogP contribution in [0.5, 0.6) is 5.88 Å². The molecule has 1 saturated carbocycles. The SMILES string of the molecule is COc1ccc(C2CC(=O)Nc3c2c(=O)[nH]n3C2CCCCC2)cn1. The lowest BCUT2D eigenvalue weighted by Gasteiger charge is -2.28. The van der Waals surface area contributed by atoms with Crippen LogP contribution in [0.4, 0.5) is 5.82 Å². The zero-order chi connectivity index (χ0) is 17.4. The molecule has 2 aromatic heterocycles. The minimum atomic E-state index is -0.282. The number of fused-ring (bicyclic) bond motifs is 1. The highest BCUT2D eigenvalue weighted by Gasteiger charge is 2.34. The number of aromatic nitrogens is 3. The van der Waals surface area contributed by atoms with Crippen LogP contribution in [-0.4, -0.2) is 27.8 Å². The number of anilines is 1. The van der Waals surface area contributed by atoms with Gasteiger partial charge in [0.2, 0.25) is 11.8 Å². The van der Waals surface area contributed by atoms with Gasteiger partial charge in [-0.15, -0.1) is 0 Å². The van der Waals surface area contributed by atoms with Crippen LogP contribution in [0.2, 0.25) is 0 Å². The number of H-pyrrole nitrogens is 1. The standard InChI is InChI=1S/C18H22N4O3/c1-25-15-8-7-11(10-19-15)13-9-14(23)20-17-16(13)18(24)21-22(17)12-5-3-2-4-6-12/h7-8,10,12-13H,2-6,9H2,1H3,(H,20,23)(H,21,24). The number of rotatable bonds is 3. The molecular weight excluding hydrogens is 320 g/mol. The van der Waals surface area contributed by atoms with Gasteiger partial charge in [-0.3, -0.25) is 19.4 Å². The number of methoxy groups -OCH3 is 1. The Hall–Kier alpha value is -2.57. The molecule has 1 fully saturated rings. The molecule has 1 amide bonds. The van der Waals surface area contributed by atoms with E-state index >= 15 is 0 Å². The molecule has 3 heterocycles. The lowest BCUT2D eigenvalue weighted by atomic mass is 9.88. The van der Waals surface area contributed by atoms with Crippen molar-refractivity contribution < 1.29 is 9.53 Å². The van der Waals surface area contributed by atoms with Crippen molar-refractivity contribution >= 4 is 11.7 Å². The van der Waals surface area contributed by atoms with Crippen LogP contribution in [0.25, 0.3) is 0 Å². The Kier molecular flexibility index (Phi) is 4.07. The van der Waals surface area contributed by atoms with Crippen molar-refractivity contribution in [1.82, 2.24) is 14.8 Å². The predicted octanol–water partition coefficient (Wildman–Crippen LogP) is 2.56. The van der Waals surface area contributed by atoms with E-state index < -0.39 is 0 Å². The molecule has 0 spiro atoms. The van der Waals surface area contributed by atoms with E-state index in [0.29, 0.717) is 17.3 Å². The van der Waals surface area contributed by atoms with Gasteiger partial charge in [0.25, 0.3) is 5.56 Å². The van der Waals surface area contributed by atoms with Gasteiger partial charge in [0.05, 0.1) is 18.7 Å². The average Bonchev–Trinajstić information content (AvgIpc) is 2.98. The Morgan fingerprint density at radius 3 is 2.68 bits per heavy atom. The summed E-state index contributed by atoms with van der Waals surface area (Å²) in [6.45, 7) is 0. The molecule has 4 rings (SSSR count). The largest absolute Gasteiger partial charge is 0.481 e. The van der Waals surface area contributed by atoms with Crippen LogP contribution >= 0.6 is 0 Å². The third-order valence-corrected chi connectivity index (χ3v) is 5.27. The predicted molar refractivity (Wildman–Crippen MR) is 93.1 cm³/mol. The summed E-state index contributed by atoms with van der Waals surface area (Å²) in [6.07, 6.45) is 7.53. The van der Waals surface area contributed by atoms with Gasteiger partial charge in [0, 0.05) is 24.6 Å². The number of aromatic amines is 1. The Morgan fingerprint density at radius 1 is 1.20 bits per heavy atom. The summed E-state index contributed by atoms with van der Waals surface area (Å²) in [4.78, 5) is 29.2. The number of pyridine rings is 1. The number of nitrogens with zero attached hydrogens (tertiary/aromatic N) is 2. The molecule has 1 aliphatic carbocycles. The number of hydrogen-bond donors (Lipinski definition) is 2. The van der Waals surface area contributed by atoms with Gasteiger partial charge >= 0.3 is 0 Å². The first-order chi connectivity index (χ1) is 12.2. The molecule has 7 nitrogen and oxygen atoms in total. The van der Waals surface area contributed by atoms with Crippen LogP contribution in [-0.2, 0) is 4.79 Å². The first-order valence-corrected chi connectivity index (χ1v) is 8.81. The van der Waals surface area contributed by atoms with Crippen LogP contribution in [0.3, 0.4) is 0 Å². The van der Waals surface area contributed by atoms with E-state index in [1.807, 2.05) is 10.7 Å². The molecule has 0 radical (unpaired) electrons. The topological polar surface area (TPSA) is 89.0 Å². The normalized spacial score (nSPS) is 20.8. The maximum Gasteiger partial charge on any atom is 0.270 e. The molecule has 2 aliphatic rings. The molecule has 1 unspecified atom stereocenters. The summed E-state index contributed by atoms with van der Waals surface area (Å²) < 4.78 is 6.98. The van der Waals surface area contributed by atoms with E-state index in [1.54, 1.807) is 19.4 Å². The molecular formula is C18H22N4O3. The minimum Gasteiger partial charge on any atom is -0.481 e. The molecule has 2 N–H and O–H groups in total. The van der Waals surface area contributed by atoms with Crippen LogP contribution < -0.4 is 15.6 Å². The Balaban J connectivity index is 1.76. The van der Waals surface area contributed by atoms with Crippen LogP contribution in [0, 0.1) is 0 Å². The number of ether oxygens (including phenoxy) is 1. The highest BCUT2D eigenvalue weighted by atomic mass is 16.5. The number of hydrogen-bond acceptors (Lipinski definition) is 4. The van der Waals surface area contributed by atoms with E-state index in [2.05, 4.69) is 15.4 Å². The molecule has 1 aliphatic heterocycles. The van der Waals surface area contributed by atoms with Gasteiger partial charge in [-0.25, -0.2) is 4.98 Å². The van der Waals surface area contributed by atoms with Crippen molar-refractivity contribution in [2.75, 3.05) is 12.4 Å². The van der Waals surface area contributed by atoms with E-state index in [9.17, 15) is 9.59 Å². The first-order valence-electron chi connectivity index (χ1n) is 8.81. The van der Waals surface area contributed by atoms with Crippen molar-refractivity contribution in [2.24, 2.45) is 0 Å². The van der Waals surface area contributed by atoms with Gasteiger partial charge in [-0.1, -0.05) is 25.3 Å². The molecule has 1 atom stereocenters. The fourth-order valence-electron chi connectivity index (χ4n) is 4.00. The highest BCUT2D eigenvalue weighted by Crippen LogP contribution is 2.38. The van der Waals surface area contributed by atoms with Gasteiger partial charge < -0.3 is 10.1 Å². The molecule has 0 bridgehead atoms. The number of nitrogens with one attached hydrogen (secondary N) is 2. The van der Waals surface area contributed by atoms with Crippen molar-refractivity contribution in [3.63, 3.8) is 0 Å². The maximum atomic E-state index is 12.7. The third-order valence-electron chi connectivity index (χ3n) is 5.27. The molecule has 7 heteroatoms. The Bertz CT molecular complexity index is 831. The van der Waals surface area contributed by atoms with E-state index in [-0.39, 0.29) is 29.8 Å². The fourth-order valence-corrected chi connectivity index (χ4v) is 4.00. The van der Waals surface area contributed by atoms with Gasteiger partial charge in [-0.2, -0.15) is 0 Å². The summed E-state index contributed by atoms with van der Waals surface area (Å²) in [6, 6.07) is 3.88. The van der Waals surface area contributed by atoms with Gasteiger partial charge in [-0.05, 0) is 18.4 Å². The zero-order valence-electron chi connectivity index (χ0n) is 14.2. The highest BCUT2D eigenvalue weighted by molar-refractivity contribution is 5.94. The smallest absolute Gasteiger partial charge is 0.270 e. The summed E-state index contributed by atoms with van der Waals surface area (Å²) in [5.41, 5.74) is 1.36. The van der Waals surface area contributed by atoms with E-state index in [0.717, 1.165) is 31.2 Å². The molecule has 0 aromatic carbocycles. The summed E-state index contributed by atoms with van der Waals surface area (Å²) in [5, 5.41) is 5.89. The average molecular weight is 342 g/mol. The lowest BCUT2D eigenvalue weighted by molar-refractivity contribution is -0.116. The third kappa shape index (κ3) is 2.83. The maximum absolute atomic E-state index is 12.7. The quantitative estimate of drug-likeness (QED) is 0.897. The van der Waals surface area contributed by atoms with Gasteiger partial charge in [0.15, 0.2) is 0 Å². The number of amides is 1. The van der Waals surface area contributed by atoms with Gasteiger partial charge in [0.1, 0.15) is 5.82 Å². The first kappa shape index (κ1) is 15.9. The summed E-state index contributed by atoms with van der Waals surface area (Å²) in [7, 11) is 1.56. The molecule has 132 valence electrons. The van der Waals surface area contributed by atoms with Crippen LogP contribution in [0.15, 0.2) is 23.1 Å². The Morgan fingerprint density at radius 2 is 2.00 bits per heavy atom. The van der Waals surface area contributed by atoms with Crippen molar-refractivity contribution in [3.8, 4) is 5.88 Å². The van der Waals surface area contributed by atoms with Crippen molar-refractivity contribution in [1.29, 1.82) is 0 Å². The molecule has 25 heavy (non-hydrogen) atoms. The van der Waals surface area contributed by atoms with Crippen LogP contribution in [0.1, 0.15) is 61.6 Å². The lowest BCUT2D eigenvalue weighted by Crippen LogP contribution is -2.27. The summed E-state index contributed by atoms with van der Waals surface area (Å²) >= 11 is 0.